The van der Waals surface area contributed by atoms with Gasteiger partial charge in [0.15, 0.2) is 5.82 Å². The van der Waals surface area contributed by atoms with Crippen LogP contribution in [-0.2, 0) is 0 Å². The summed E-state index contributed by atoms with van der Waals surface area (Å²) >= 11 is 0. The largest absolute Gasteiger partial charge is 0.354 e. The van der Waals surface area contributed by atoms with Crippen LogP contribution in [0.4, 0.5) is 5.95 Å². The number of rotatable bonds is 3. The van der Waals surface area contributed by atoms with E-state index in [2.05, 4.69) is 27.3 Å². The zero-order valence-electron chi connectivity index (χ0n) is 10.7. The minimum Gasteiger partial charge on any atom is -0.354 e. The van der Waals surface area contributed by atoms with Crippen molar-refractivity contribution in [3.63, 3.8) is 0 Å². The van der Waals surface area contributed by atoms with Crippen LogP contribution in [0.1, 0.15) is 23.9 Å². The molecule has 0 aliphatic rings. The molecule has 0 amide bonds. The maximum Gasteiger partial charge on any atom is 0.224 e. The monoisotopic (exact) mass is 231 g/mol. The molecular weight excluding hydrogens is 214 g/mol. The van der Waals surface area contributed by atoms with Crippen LogP contribution in [0, 0.1) is 20.8 Å². The van der Waals surface area contributed by atoms with Crippen molar-refractivity contribution in [2.45, 2.75) is 27.7 Å². The van der Waals surface area contributed by atoms with Crippen LogP contribution in [0.15, 0.2) is 12.3 Å². The van der Waals surface area contributed by atoms with Crippen molar-refractivity contribution in [3.05, 3.63) is 29.2 Å². The van der Waals surface area contributed by atoms with E-state index in [1.165, 1.54) is 5.56 Å². The van der Waals surface area contributed by atoms with Crippen LogP contribution in [0.5, 0.6) is 0 Å². The fourth-order valence-electron chi connectivity index (χ4n) is 1.65. The molecule has 0 aliphatic heterocycles. The van der Waals surface area contributed by atoms with Crippen LogP contribution in [-0.4, -0.2) is 26.3 Å². The lowest BCUT2D eigenvalue weighted by Crippen LogP contribution is -2.07. The maximum absolute atomic E-state index is 4.48. The van der Waals surface area contributed by atoms with E-state index < -0.39 is 0 Å². The summed E-state index contributed by atoms with van der Waals surface area (Å²) in [7, 11) is 0. The minimum atomic E-state index is 0.634. The van der Waals surface area contributed by atoms with E-state index in [0.29, 0.717) is 5.95 Å². The van der Waals surface area contributed by atoms with Gasteiger partial charge < -0.3 is 5.32 Å². The highest BCUT2D eigenvalue weighted by Gasteiger charge is 2.10. The Labute approximate surface area is 101 Å². The Bertz CT molecular complexity index is 530. The predicted molar refractivity (Wildman–Crippen MR) is 67.5 cm³/mol. The Balaban J connectivity index is 2.45. The van der Waals surface area contributed by atoms with E-state index in [1.54, 1.807) is 6.20 Å². The van der Waals surface area contributed by atoms with Gasteiger partial charge in [0, 0.05) is 24.5 Å². The van der Waals surface area contributed by atoms with Crippen LogP contribution in [0.25, 0.3) is 5.82 Å². The van der Waals surface area contributed by atoms with Crippen molar-refractivity contribution in [3.8, 4) is 5.82 Å². The van der Waals surface area contributed by atoms with Gasteiger partial charge in [-0.2, -0.15) is 10.1 Å². The molecular formula is C12H17N5. The van der Waals surface area contributed by atoms with Crippen molar-refractivity contribution in [1.29, 1.82) is 0 Å². The first-order chi connectivity index (χ1) is 8.13. The summed E-state index contributed by atoms with van der Waals surface area (Å²) in [5.41, 5.74) is 3.35. The zero-order valence-corrected chi connectivity index (χ0v) is 10.7. The molecule has 2 aromatic rings. The second-order valence-corrected chi connectivity index (χ2v) is 3.98. The van der Waals surface area contributed by atoms with Crippen LogP contribution in [0.2, 0.25) is 0 Å². The third kappa shape index (κ3) is 2.13. The molecule has 0 aliphatic carbocycles. The number of hydrogen-bond acceptors (Lipinski definition) is 4. The summed E-state index contributed by atoms with van der Waals surface area (Å²) in [5, 5.41) is 7.58. The van der Waals surface area contributed by atoms with E-state index in [4.69, 9.17) is 0 Å². The van der Waals surface area contributed by atoms with E-state index in [0.717, 1.165) is 23.8 Å². The molecule has 5 nitrogen and oxygen atoms in total. The Morgan fingerprint density at radius 1 is 1.29 bits per heavy atom. The number of hydrogen-bond donors (Lipinski definition) is 1. The molecule has 0 spiro atoms. The van der Waals surface area contributed by atoms with Gasteiger partial charge in [-0.3, -0.25) is 0 Å². The number of aryl methyl sites for hydroxylation is 1. The highest BCUT2D eigenvalue weighted by atomic mass is 15.3. The lowest BCUT2D eigenvalue weighted by Gasteiger charge is -2.06. The van der Waals surface area contributed by atoms with Crippen LogP contribution >= 0.6 is 0 Å². The summed E-state index contributed by atoms with van der Waals surface area (Å²) in [4.78, 5) is 8.58. The first-order valence-electron chi connectivity index (χ1n) is 5.73. The van der Waals surface area contributed by atoms with Crippen molar-refractivity contribution < 1.29 is 0 Å². The number of nitrogens with one attached hydrogen (secondary N) is 1. The molecule has 2 rings (SSSR count). The fourth-order valence-corrected chi connectivity index (χ4v) is 1.65. The van der Waals surface area contributed by atoms with Crippen molar-refractivity contribution >= 4 is 5.95 Å². The van der Waals surface area contributed by atoms with Gasteiger partial charge in [-0.1, -0.05) is 0 Å². The van der Waals surface area contributed by atoms with E-state index in [-0.39, 0.29) is 0 Å². The minimum absolute atomic E-state index is 0.634. The first-order valence-corrected chi connectivity index (χ1v) is 5.73. The molecule has 0 atom stereocenters. The summed E-state index contributed by atoms with van der Waals surface area (Å²) in [5.74, 6) is 1.43. The highest BCUT2D eigenvalue weighted by Crippen LogP contribution is 2.15. The molecule has 5 heteroatoms. The number of nitrogens with zero attached hydrogens (tertiary/aromatic N) is 4. The Hall–Kier alpha value is -1.91. The summed E-state index contributed by atoms with van der Waals surface area (Å²) in [6.45, 7) is 8.94. The molecule has 17 heavy (non-hydrogen) atoms. The second-order valence-electron chi connectivity index (χ2n) is 3.98. The molecule has 0 fully saturated rings. The van der Waals surface area contributed by atoms with E-state index >= 15 is 0 Å². The Kier molecular flexibility index (Phi) is 3.08. The topological polar surface area (TPSA) is 55.6 Å². The van der Waals surface area contributed by atoms with Gasteiger partial charge in [0.1, 0.15) is 0 Å². The quantitative estimate of drug-likeness (QED) is 0.878. The van der Waals surface area contributed by atoms with Gasteiger partial charge in [0.2, 0.25) is 5.95 Å². The molecule has 0 unspecified atom stereocenters. The molecule has 2 aromatic heterocycles. The number of aromatic nitrogens is 4. The normalized spacial score (nSPS) is 10.6. The lowest BCUT2D eigenvalue weighted by atomic mass is 10.2. The van der Waals surface area contributed by atoms with Gasteiger partial charge in [-0.25, -0.2) is 9.67 Å². The van der Waals surface area contributed by atoms with Gasteiger partial charge >= 0.3 is 0 Å². The van der Waals surface area contributed by atoms with Gasteiger partial charge in [-0.05, 0) is 33.3 Å². The van der Waals surface area contributed by atoms with E-state index in [1.807, 2.05) is 31.5 Å². The zero-order chi connectivity index (χ0) is 12.4. The average molecular weight is 231 g/mol. The molecule has 2 heterocycles. The highest BCUT2D eigenvalue weighted by molar-refractivity contribution is 5.35. The first kappa shape index (κ1) is 11.6. The summed E-state index contributed by atoms with van der Waals surface area (Å²) in [6, 6.07) is 1.86. The smallest absolute Gasteiger partial charge is 0.224 e. The average Bonchev–Trinajstić information content (AvgIpc) is 2.58. The van der Waals surface area contributed by atoms with Gasteiger partial charge in [0.25, 0.3) is 0 Å². The van der Waals surface area contributed by atoms with Gasteiger partial charge in [-0.15, -0.1) is 0 Å². The van der Waals surface area contributed by atoms with Crippen molar-refractivity contribution in [2.75, 3.05) is 11.9 Å². The third-order valence-corrected chi connectivity index (χ3v) is 2.85. The van der Waals surface area contributed by atoms with Crippen LogP contribution in [0.3, 0.4) is 0 Å². The second kappa shape index (κ2) is 4.53. The lowest BCUT2D eigenvalue weighted by molar-refractivity contribution is 0.800. The number of anilines is 1. The standard InChI is InChI=1S/C12H17N5/c1-5-13-12-14-7-6-11(15-12)17-10(4)8(2)9(3)16-17/h6-7H,5H2,1-4H3,(H,13,14,15). The summed E-state index contributed by atoms with van der Waals surface area (Å²) < 4.78 is 1.85. The molecule has 0 saturated carbocycles. The molecule has 1 N–H and O–H groups in total. The van der Waals surface area contributed by atoms with Gasteiger partial charge in [0.05, 0.1) is 5.69 Å². The fraction of sp³-hybridized carbons (Fsp3) is 0.417. The Morgan fingerprint density at radius 3 is 2.65 bits per heavy atom. The summed E-state index contributed by atoms with van der Waals surface area (Å²) in [6.07, 6.45) is 1.74. The Morgan fingerprint density at radius 2 is 2.06 bits per heavy atom. The molecule has 0 aromatic carbocycles. The SMILES string of the molecule is CCNc1nccc(-n2nc(C)c(C)c2C)n1. The van der Waals surface area contributed by atoms with Crippen molar-refractivity contribution in [2.24, 2.45) is 0 Å². The third-order valence-electron chi connectivity index (χ3n) is 2.85. The molecule has 0 bridgehead atoms. The maximum atomic E-state index is 4.48. The predicted octanol–water partition coefficient (Wildman–Crippen LogP) is 2.02. The molecule has 0 saturated heterocycles. The van der Waals surface area contributed by atoms with Crippen LogP contribution < -0.4 is 5.32 Å². The van der Waals surface area contributed by atoms with E-state index in [9.17, 15) is 0 Å². The molecule has 90 valence electrons. The van der Waals surface area contributed by atoms with Crippen molar-refractivity contribution in [1.82, 2.24) is 19.7 Å². The molecule has 0 radical (unpaired) electrons.